The number of nitrogens with zero attached hydrogens (tertiary/aromatic N) is 4. The van der Waals surface area contributed by atoms with E-state index in [9.17, 15) is 8.78 Å². The Morgan fingerprint density at radius 2 is 1.55 bits per heavy atom. The van der Waals surface area contributed by atoms with Crippen molar-refractivity contribution >= 4 is 17.6 Å². The molecule has 8 heteroatoms. The van der Waals surface area contributed by atoms with Crippen molar-refractivity contribution in [2.45, 2.75) is 20.8 Å². The van der Waals surface area contributed by atoms with Gasteiger partial charge in [-0.25, -0.2) is 9.37 Å². The molecule has 2 N–H and O–H groups in total. The highest BCUT2D eigenvalue weighted by atomic mass is 19.1. The number of hydrogen-bond acceptors (Lipinski definition) is 6. The first kappa shape index (κ1) is 14.0. The van der Waals surface area contributed by atoms with Gasteiger partial charge in [0.25, 0.3) is 0 Å². The van der Waals surface area contributed by atoms with Crippen molar-refractivity contribution in [2.24, 2.45) is 0 Å². The van der Waals surface area contributed by atoms with Gasteiger partial charge in [-0.2, -0.15) is 19.3 Å². The summed E-state index contributed by atoms with van der Waals surface area (Å²) >= 11 is 0. The molecule has 0 aliphatic rings. The van der Waals surface area contributed by atoms with Crippen molar-refractivity contribution in [1.29, 1.82) is 0 Å². The van der Waals surface area contributed by atoms with Crippen molar-refractivity contribution in [1.82, 2.24) is 19.9 Å². The molecular weight excluding hydrogens is 266 g/mol. The lowest BCUT2D eigenvalue weighted by atomic mass is 10.2. The first-order valence-corrected chi connectivity index (χ1v) is 5.92. The van der Waals surface area contributed by atoms with Gasteiger partial charge >= 0.3 is 0 Å². The number of anilines is 3. The zero-order chi connectivity index (χ0) is 14.9. The van der Waals surface area contributed by atoms with E-state index in [0.29, 0.717) is 11.8 Å². The standard InChI is InChI=1S/C12H14F2N6/c1-5-9(8(13)6(2)16-10(5)14)19-12-18-7(3)17-11(15-4)20-12/h1-4H3,(H2,15,16,17,18,19,20). The van der Waals surface area contributed by atoms with Gasteiger partial charge in [0.15, 0.2) is 5.82 Å². The average Bonchev–Trinajstić information content (AvgIpc) is 2.40. The molecule has 0 radical (unpaired) electrons. The predicted octanol–water partition coefficient (Wildman–Crippen LogP) is 2.26. The maximum atomic E-state index is 14.0. The fourth-order valence-corrected chi connectivity index (χ4v) is 1.64. The average molecular weight is 280 g/mol. The second kappa shape index (κ2) is 5.32. The van der Waals surface area contributed by atoms with Gasteiger partial charge in [-0.15, -0.1) is 0 Å². The molecule has 2 aromatic rings. The number of hydrogen-bond donors (Lipinski definition) is 2. The van der Waals surface area contributed by atoms with Gasteiger partial charge in [0.05, 0.1) is 11.4 Å². The first-order valence-electron chi connectivity index (χ1n) is 5.92. The molecule has 20 heavy (non-hydrogen) atoms. The summed E-state index contributed by atoms with van der Waals surface area (Å²) in [7, 11) is 1.65. The summed E-state index contributed by atoms with van der Waals surface area (Å²) in [6, 6.07) is 0. The van der Waals surface area contributed by atoms with Crippen LogP contribution in [0.1, 0.15) is 17.1 Å². The van der Waals surface area contributed by atoms with E-state index in [1.165, 1.54) is 13.8 Å². The van der Waals surface area contributed by atoms with Crippen LogP contribution in [0.15, 0.2) is 0 Å². The summed E-state index contributed by atoms with van der Waals surface area (Å²) in [5.74, 6) is -0.437. The Morgan fingerprint density at radius 1 is 0.900 bits per heavy atom. The van der Waals surface area contributed by atoms with Gasteiger partial charge in [0, 0.05) is 12.6 Å². The third-order valence-corrected chi connectivity index (χ3v) is 2.70. The van der Waals surface area contributed by atoms with Crippen LogP contribution >= 0.6 is 0 Å². The Balaban J connectivity index is 2.47. The molecule has 0 atom stereocenters. The maximum absolute atomic E-state index is 14.0. The molecule has 0 aliphatic heterocycles. The van der Waals surface area contributed by atoms with Gasteiger partial charge in [0.1, 0.15) is 5.82 Å². The lowest BCUT2D eigenvalue weighted by Crippen LogP contribution is -2.09. The topological polar surface area (TPSA) is 75.6 Å². The second-order valence-corrected chi connectivity index (χ2v) is 4.21. The lowest BCUT2D eigenvalue weighted by molar-refractivity contribution is 0.545. The molecule has 6 nitrogen and oxygen atoms in total. The molecule has 0 aromatic carbocycles. The zero-order valence-electron chi connectivity index (χ0n) is 11.5. The van der Waals surface area contributed by atoms with E-state index in [1.54, 1.807) is 14.0 Å². The number of pyridine rings is 1. The SMILES string of the molecule is CNc1nc(C)nc(Nc2c(C)c(F)nc(C)c2F)n1. The number of rotatable bonds is 3. The normalized spacial score (nSPS) is 10.5. The Hall–Kier alpha value is -2.38. The van der Waals surface area contributed by atoms with E-state index in [0.717, 1.165) is 0 Å². The van der Waals surface area contributed by atoms with Crippen molar-refractivity contribution in [3.63, 3.8) is 0 Å². The quantitative estimate of drug-likeness (QED) is 0.840. The van der Waals surface area contributed by atoms with Crippen LogP contribution in [0, 0.1) is 32.5 Å². The highest BCUT2D eigenvalue weighted by Crippen LogP contribution is 2.25. The largest absolute Gasteiger partial charge is 0.357 e. The third kappa shape index (κ3) is 2.63. The molecule has 0 amide bonds. The number of aryl methyl sites for hydroxylation is 2. The van der Waals surface area contributed by atoms with Crippen LogP contribution in [-0.2, 0) is 0 Å². The van der Waals surface area contributed by atoms with Gasteiger partial charge in [-0.05, 0) is 20.8 Å². The molecule has 0 saturated carbocycles. The van der Waals surface area contributed by atoms with Crippen LogP contribution in [0.5, 0.6) is 0 Å². The van der Waals surface area contributed by atoms with Crippen molar-refractivity contribution in [2.75, 3.05) is 17.7 Å². The smallest absolute Gasteiger partial charge is 0.232 e. The lowest BCUT2D eigenvalue weighted by Gasteiger charge is -2.12. The first-order chi connectivity index (χ1) is 9.42. The maximum Gasteiger partial charge on any atom is 0.232 e. The van der Waals surface area contributed by atoms with E-state index in [4.69, 9.17) is 0 Å². The summed E-state index contributed by atoms with van der Waals surface area (Å²) < 4.78 is 27.6. The van der Waals surface area contributed by atoms with E-state index in [1.807, 2.05) is 0 Å². The molecule has 0 aliphatic carbocycles. The second-order valence-electron chi connectivity index (χ2n) is 4.21. The molecule has 106 valence electrons. The van der Waals surface area contributed by atoms with E-state index < -0.39 is 11.8 Å². The monoisotopic (exact) mass is 280 g/mol. The summed E-state index contributed by atoms with van der Waals surface area (Å²) in [4.78, 5) is 15.6. The van der Waals surface area contributed by atoms with Crippen LogP contribution < -0.4 is 10.6 Å². The fourth-order valence-electron chi connectivity index (χ4n) is 1.64. The summed E-state index contributed by atoms with van der Waals surface area (Å²) in [6.07, 6.45) is 0. The molecule has 0 saturated heterocycles. The Labute approximate surface area is 114 Å². The minimum Gasteiger partial charge on any atom is -0.357 e. The minimum atomic E-state index is -0.731. The Morgan fingerprint density at radius 3 is 2.20 bits per heavy atom. The van der Waals surface area contributed by atoms with Crippen LogP contribution in [0.25, 0.3) is 0 Å². The molecule has 0 spiro atoms. The molecule has 0 fully saturated rings. The summed E-state index contributed by atoms with van der Waals surface area (Å²) in [5.41, 5.74) is 0.00930. The van der Waals surface area contributed by atoms with Crippen LogP contribution in [0.3, 0.4) is 0 Å². The minimum absolute atomic E-state index is 0.0253. The number of nitrogens with one attached hydrogen (secondary N) is 2. The summed E-state index contributed by atoms with van der Waals surface area (Å²) in [5, 5.41) is 5.44. The van der Waals surface area contributed by atoms with Gasteiger partial charge in [0.2, 0.25) is 17.8 Å². The van der Waals surface area contributed by atoms with E-state index in [-0.39, 0.29) is 22.9 Å². The van der Waals surface area contributed by atoms with E-state index >= 15 is 0 Å². The highest BCUT2D eigenvalue weighted by molar-refractivity contribution is 5.60. The predicted molar refractivity (Wildman–Crippen MR) is 71.0 cm³/mol. The molecule has 0 bridgehead atoms. The number of aromatic nitrogens is 4. The van der Waals surface area contributed by atoms with Crippen LogP contribution in [0.4, 0.5) is 26.4 Å². The Kier molecular flexibility index (Phi) is 3.73. The molecule has 2 aromatic heterocycles. The number of halogens is 2. The molecule has 2 heterocycles. The van der Waals surface area contributed by atoms with Crippen molar-refractivity contribution in [3.8, 4) is 0 Å². The molecule has 0 unspecified atom stereocenters. The zero-order valence-corrected chi connectivity index (χ0v) is 11.5. The van der Waals surface area contributed by atoms with Gasteiger partial charge in [-0.3, -0.25) is 0 Å². The Bertz CT molecular complexity index is 633. The van der Waals surface area contributed by atoms with Crippen LogP contribution in [0.2, 0.25) is 0 Å². The fraction of sp³-hybridized carbons (Fsp3) is 0.333. The molecular formula is C12H14F2N6. The van der Waals surface area contributed by atoms with Crippen molar-refractivity contribution < 1.29 is 8.78 Å². The van der Waals surface area contributed by atoms with Crippen LogP contribution in [-0.4, -0.2) is 27.0 Å². The molecule has 2 rings (SSSR count). The van der Waals surface area contributed by atoms with E-state index in [2.05, 4.69) is 30.6 Å². The van der Waals surface area contributed by atoms with Crippen molar-refractivity contribution in [3.05, 3.63) is 28.8 Å². The van der Waals surface area contributed by atoms with Gasteiger partial charge < -0.3 is 10.6 Å². The summed E-state index contributed by atoms with van der Waals surface area (Å²) in [6.45, 7) is 4.50. The highest BCUT2D eigenvalue weighted by Gasteiger charge is 2.16. The third-order valence-electron chi connectivity index (χ3n) is 2.70. The van der Waals surface area contributed by atoms with Gasteiger partial charge in [-0.1, -0.05) is 0 Å².